The lowest BCUT2D eigenvalue weighted by atomic mass is 10.2. The summed E-state index contributed by atoms with van der Waals surface area (Å²) in [5, 5.41) is 12.2. The fraction of sp³-hybridized carbons (Fsp3) is 0.120. The highest BCUT2D eigenvalue weighted by molar-refractivity contribution is 6.31. The van der Waals surface area contributed by atoms with Crippen LogP contribution in [0, 0.1) is 18.6 Å². The van der Waals surface area contributed by atoms with E-state index in [1.165, 1.54) is 48.5 Å². The van der Waals surface area contributed by atoms with Gasteiger partial charge in [0.25, 0.3) is 0 Å². The third kappa shape index (κ3) is 6.63. The van der Waals surface area contributed by atoms with Gasteiger partial charge in [-0.1, -0.05) is 17.7 Å². The van der Waals surface area contributed by atoms with Gasteiger partial charge in [0.15, 0.2) is 0 Å². The van der Waals surface area contributed by atoms with Crippen LogP contribution in [0.1, 0.15) is 12.5 Å². The Labute approximate surface area is 211 Å². The van der Waals surface area contributed by atoms with Gasteiger partial charge in [-0.2, -0.15) is 15.0 Å². The van der Waals surface area contributed by atoms with Gasteiger partial charge in [0.1, 0.15) is 17.7 Å². The number of hydrogen-bond donors (Lipinski definition) is 4. The van der Waals surface area contributed by atoms with Gasteiger partial charge in [-0.05, 0) is 80.1 Å². The maximum Gasteiger partial charge on any atom is 0.246 e. The first-order chi connectivity index (χ1) is 17.2. The maximum absolute atomic E-state index is 13.3. The Morgan fingerprint density at radius 2 is 1.31 bits per heavy atom. The second-order valence-electron chi connectivity index (χ2n) is 7.88. The van der Waals surface area contributed by atoms with Crippen molar-refractivity contribution in [2.45, 2.75) is 19.9 Å². The van der Waals surface area contributed by atoms with Gasteiger partial charge in [-0.15, -0.1) is 0 Å². The van der Waals surface area contributed by atoms with Crippen molar-refractivity contribution in [2.75, 3.05) is 21.3 Å². The Morgan fingerprint density at radius 3 is 1.83 bits per heavy atom. The summed E-state index contributed by atoms with van der Waals surface area (Å²) in [4.78, 5) is 25.8. The number of aryl methyl sites for hydroxylation is 1. The summed E-state index contributed by atoms with van der Waals surface area (Å²) in [6.45, 7) is 3.51. The molecule has 1 atom stereocenters. The van der Waals surface area contributed by atoms with Crippen LogP contribution in [0.4, 0.5) is 43.7 Å². The van der Waals surface area contributed by atoms with E-state index in [4.69, 9.17) is 11.6 Å². The third-order valence-corrected chi connectivity index (χ3v) is 5.27. The molecular formula is C25H22ClF2N7O. The smallest absolute Gasteiger partial charge is 0.246 e. The molecule has 0 bridgehead atoms. The molecule has 1 amide bonds. The van der Waals surface area contributed by atoms with Gasteiger partial charge in [0.05, 0.1) is 0 Å². The molecule has 0 aliphatic heterocycles. The van der Waals surface area contributed by atoms with E-state index >= 15 is 0 Å². The van der Waals surface area contributed by atoms with Gasteiger partial charge in [-0.25, -0.2) is 8.78 Å². The number of aromatic nitrogens is 3. The lowest BCUT2D eigenvalue weighted by Crippen LogP contribution is -2.33. The zero-order valence-corrected chi connectivity index (χ0v) is 20.1. The van der Waals surface area contributed by atoms with Crippen molar-refractivity contribution in [3.8, 4) is 0 Å². The first kappa shape index (κ1) is 24.8. The van der Waals surface area contributed by atoms with Crippen molar-refractivity contribution in [2.24, 2.45) is 0 Å². The summed E-state index contributed by atoms with van der Waals surface area (Å²) in [5.41, 5.74) is 2.54. The van der Waals surface area contributed by atoms with Crippen LogP contribution in [-0.4, -0.2) is 26.9 Å². The quantitative estimate of drug-likeness (QED) is 0.229. The average molecular weight is 510 g/mol. The summed E-state index contributed by atoms with van der Waals surface area (Å²) in [6.07, 6.45) is 0. The number of rotatable bonds is 8. The molecule has 4 aromatic rings. The molecule has 3 aromatic carbocycles. The fourth-order valence-electron chi connectivity index (χ4n) is 3.11. The Bertz CT molecular complexity index is 1300. The van der Waals surface area contributed by atoms with Crippen LogP contribution in [0.25, 0.3) is 0 Å². The molecule has 1 aromatic heterocycles. The van der Waals surface area contributed by atoms with Crippen LogP contribution in [0.2, 0.25) is 5.02 Å². The maximum atomic E-state index is 13.3. The van der Waals surface area contributed by atoms with Crippen molar-refractivity contribution >= 4 is 52.4 Å². The fourth-order valence-corrected chi connectivity index (χ4v) is 3.28. The molecule has 8 nitrogen and oxygen atoms in total. The van der Waals surface area contributed by atoms with Gasteiger partial charge >= 0.3 is 0 Å². The number of benzene rings is 3. The molecular weight excluding hydrogens is 488 g/mol. The average Bonchev–Trinajstić information content (AvgIpc) is 2.84. The van der Waals surface area contributed by atoms with E-state index in [0.29, 0.717) is 22.1 Å². The molecule has 0 aliphatic rings. The van der Waals surface area contributed by atoms with Gasteiger partial charge in [-0.3, -0.25) is 4.79 Å². The summed E-state index contributed by atoms with van der Waals surface area (Å²) >= 11 is 6.05. The molecule has 0 saturated heterocycles. The SMILES string of the molecule is Cc1ccc(Cl)cc1NC(=O)[C@@H](C)Nc1nc(Nc2ccc(F)cc2)nc(Nc2ccc(F)cc2)n1. The molecule has 4 N–H and O–H groups in total. The zero-order chi connectivity index (χ0) is 25.7. The molecule has 0 fully saturated rings. The molecule has 184 valence electrons. The lowest BCUT2D eigenvalue weighted by molar-refractivity contribution is -0.116. The minimum absolute atomic E-state index is 0.102. The number of anilines is 6. The van der Waals surface area contributed by atoms with Gasteiger partial charge in [0, 0.05) is 22.1 Å². The minimum atomic E-state index is -0.733. The Balaban J connectivity index is 1.56. The van der Waals surface area contributed by atoms with Crippen LogP contribution in [0.15, 0.2) is 66.7 Å². The van der Waals surface area contributed by atoms with E-state index in [1.807, 2.05) is 13.0 Å². The van der Waals surface area contributed by atoms with Crippen molar-refractivity contribution in [3.63, 3.8) is 0 Å². The van der Waals surface area contributed by atoms with Gasteiger partial charge < -0.3 is 21.3 Å². The normalized spacial score (nSPS) is 11.5. The van der Waals surface area contributed by atoms with Crippen LogP contribution >= 0.6 is 11.6 Å². The van der Waals surface area contributed by atoms with Crippen LogP contribution < -0.4 is 21.3 Å². The zero-order valence-electron chi connectivity index (χ0n) is 19.3. The highest BCUT2D eigenvalue weighted by Gasteiger charge is 2.17. The van der Waals surface area contributed by atoms with Gasteiger partial charge in [0.2, 0.25) is 23.8 Å². The molecule has 36 heavy (non-hydrogen) atoms. The number of nitrogens with one attached hydrogen (secondary N) is 4. The topological polar surface area (TPSA) is 104 Å². The number of halogens is 3. The first-order valence-electron chi connectivity index (χ1n) is 10.9. The minimum Gasteiger partial charge on any atom is -0.342 e. The van der Waals surface area contributed by atoms with Crippen molar-refractivity contribution < 1.29 is 13.6 Å². The lowest BCUT2D eigenvalue weighted by Gasteiger charge is -2.17. The van der Waals surface area contributed by atoms with Crippen molar-refractivity contribution in [1.82, 2.24) is 15.0 Å². The highest BCUT2D eigenvalue weighted by atomic mass is 35.5. The molecule has 0 spiro atoms. The third-order valence-electron chi connectivity index (χ3n) is 5.03. The largest absolute Gasteiger partial charge is 0.342 e. The predicted molar refractivity (Wildman–Crippen MR) is 137 cm³/mol. The van der Waals surface area contributed by atoms with E-state index in [9.17, 15) is 13.6 Å². The number of carbonyl (C=O) groups is 1. The Morgan fingerprint density at radius 1 is 0.806 bits per heavy atom. The molecule has 0 radical (unpaired) electrons. The van der Waals surface area contributed by atoms with E-state index in [-0.39, 0.29) is 35.4 Å². The van der Waals surface area contributed by atoms with E-state index in [2.05, 4.69) is 36.2 Å². The number of hydrogen-bond acceptors (Lipinski definition) is 7. The van der Waals surface area contributed by atoms with Crippen molar-refractivity contribution in [3.05, 3.63) is 89.0 Å². The number of nitrogens with zero attached hydrogens (tertiary/aromatic N) is 3. The highest BCUT2D eigenvalue weighted by Crippen LogP contribution is 2.22. The van der Waals surface area contributed by atoms with Crippen LogP contribution in [0.3, 0.4) is 0 Å². The van der Waals surface area contributed by atoms with E-state index in [1.54, 1.807) is 19.1 Å². The predicted octanol–water partition coefficient (Wildman–Crippen LogP) is 6.04. The monoisotopic (exact) mass is 509 g/mol. The van der Waals surface area contributed by atoms with Crippen LogP contribution in [0.5, 0.6) is 0 Å². The molecule has 0 aliphatic carbocycles. The first-order valence-corrected chi connectivity index (χ1v) is 11.3. The van der Waals surface area contributed by atoms with E-state index < -0.39 is 6.04 Å². The molecule has 4 rings (SSSR count). The number of carbonyl (C=O) groups excluding carboxylic acids is 1. The summed E-state index contributed by atoms with van der Waals surface area (Å²) in [6, 6.07) is 15.8. The molecule has 11 heteroatoms. The Hall–Kier alpha value is -4.31. The number of amides is 1. The second-order valence-corrected chi connectivity index (χ2v) is 8.32. The van der Waals surface area contributed by atoms with Crippen molar-refractivity contribution in [1.29, 1.82) is 0 Å². The molecule has 1 heterocycles. The molecule has 0 unspecified atom stereocenters. The van der Waals surface area contributed by atoms with E-state index in [0.717, 1.165) is 5.56 Å². The van der Waals surface area contributed by atoms with Crippen LogP contribution in [-0.2, 0) is 4.79 Å². The summed E-state index contributed by atoms with van der Waals surface area (Å²) in [5.74, 6) is -0.713. The molecule has 0 saturated carbocycles. The summed E-state index contributed by atoms with van der Waals surface area (Å²) in [7, 11) is 0. The summed E-state index contributed by atoms with van der Waals surface area (Å²) < 4.78 is 26.6. The standard InChI is InChI=1S/C25H22ClF2N7O/c1-14-3-4-16(26)13-21(14)32-22(36)15(2)29-23-33-24(30-19-9-5-17(27)6-10-19)35-25(34-23)31-20-11-7-18(28)8-12-20/h3-13,15H,1-2H3,(H,32,36)(H3,29,30,31,33,34,35)/t15-/m1/s1. The second kappa shape index (κ2) is 11.0. The Kier molecular flexibility index (Phi) is 7.55.